The van der Waals surface area contributed by atoms with E-state index >= 15 is 0 Å². The maximum atomic E-state index is 12.9. The number of ether oxygens (including phenoxy) is 2. The number of halogens is 1. The molecule has 2 aromatic carbocycles. The normalized spacial score (nSPS) is 13.4. The summed E-state index contributed by atoms with van der Waals surface area (Å²) in [5.74, 6) is 0.771. The van der Waals surface area contributed by atoms with Gasteiger partial charge >= 0.3 is 6.03 Å². The summed E-state index contributed by atoms with van der Waals surface area (Å²) in [7, 11) is 0. The van der Waals surface area contributed by atoms with E-state index in [0.717, 1.165) is 0 Å². The van der Waals surface area contributed by atoms with Crippen LogP contribution in [0.15, 0.2) is 66.9 Å². The van der Waals surface area contributed by atoms with Gasteiger partial charge in [0.2, 0.25) is 5.88 Å². The quantitative estimate of drug-likeness (QED) is 0.421. The molecule has 1 aliphatic rings. The number of urea groups is 1. The third-order valence-corrected chi connectivity index (χ3v) is 5.49. The summed E-state index contributed by atoms with van der Waals surface area (Å²) in [4.78, 5) is 31.0. The van der Waals surface area contributed by atoms with Gasteiger partial charge in [-0.15, -0.1) is 5.10 Å². The lowest BCUT2D eigenvalue weighted by Crippen LogP contribution is -2.43. The Labute approximate surface area is 205 Å². The zero-order valence-corrected chi connectivity index (χ0v) is 19.2. The average Bonchev–Trinajstić information content (AvgIpc) is 3.31. The molecule has 5 rings (SSSR count). The molecule has 2 aromatic heterocycles. The topological polar surface area (TPSA) is 110 Å². The van der Waals surface area contributed by atoms with Gasteiger partial charge < -0.3 is 19.7 Å². The average molecular weight is 490 g/mol. The Balaban J connectivity index is 1.25. The number of nitrogens with zero attached hydrogens (tertiary/aromatic N) is 4. The molecule has 4 aromatic rings. The smallest absolute Gasteiger partial charge is 0.323 e. The van der Waals surface area contributed by atoms with Crippen LogP contribution in [0, 0.1) is 0 Å². The number of hydrogen-bond donors (Lipinski definition) is 2. The fraction of sp³-hybridized carbons (Fsp3) is 0.200. The van der Waals surface area contributed by atoms with Crippen LogP contribution < -0.4 is 15.4 Å². The van der Waals surface area contributed by atoms with E-state index in [1.165, 1.54) is 10.6 Å². The van der Waals surface area contributed by atoms with Crippen LogP contribution >= 0.6 is 0 Å². The van der Waals surface area contributed by atoms with E-state index in [1.807, 2.05) is 0 Å². The molecular weight excluding hydrogens is 467 g/mol. The summed E-state index contributed by atoms with van der Waals surface area (Å²) in [6.07, 6.45) is 1.60. The second kappa shape index (κ2) is 10.4. The monoisotopic (exact) mass is 490 g/mol. The number of rotatable bonds is 6. The Kier molecular flexibility index (Phi) is 6.72. The molecule has 0 radical (unpaired) electrons. The molecule has 1 saturated heterocycles. The highest BCUT2D eigenvalue weighted by Gasteiger charge is 2.18. The predicted molar refractivity (Wildman–Crippen MR) is 130 cm³/mol. The van der Waals surface area contributed by atoms with E-state index in [4.69, 9.17) is 9.47 Å². The van der Waals surface area contributed by atoms with Crippen molar-refractivity contribution < 1.29 is 23.5 Å². The minimum Gasteiger partial charge on any atom is -0.438 e. The van der Waals surface area contributed by atoms with Crippen LogP contribution in [-0.4, -0.2) is 57.7 Å². The molecule has 0 spiro atoms. The lowest BCUT2D eigenvalue weighted by Gasteiger charge is -2.26. The molecule has 10 nitrogen and oxygen atoms in total. The van der Waals surface area contributed by atoms with Gasteiger partial charge in [-0.2, -0.15) is 0 Å². The molecule has 0 unspecified atom stereocenters. The Morgan fingerprint density at radius 2 is 1.86 bits per heavy atom. The second-order valence-corrected chi connectivity index (χ2v) is 8.05. The van der Waals surface area contributed by atoms with Crippen molar-refractivity contribution in [2.24, 2.45) is 0 Å². The number of fused-ring (bicyclic) bond motifs is 1. The molecule has 0 aliphatic carbocycles. The van der Waals surface area contributed by atoms with E-state index in [1.54, 1.807) is 65.7 Å². The standard InChI is InChI=1S/C25H23FN6O4/c26-15-17-3-1-4-18(13-17)24(33)27-19-5-2-6-20(14-19)36-23-8-7-22-28-21(16-32(22)30-23)29-25(34)31-9-11-35-12-10-31/h1-8,13-14,16H,9-12,15H2,(H,27,33)(H,29,34). The van der Waals surface area contributed by atoms with Gasteiger partial charge in [-0.1, -0.05) is 18.2 Å². The van der Waals surface area contributed by atoms with Crippen molar-refractivity contribution in [1.29, 1.82) is 0 Å². The van der Waals surface area contributed by atoms with Gasteiger partial charge in [0.1, 0.15) is 12.4 Å². The highest BCUT2D eigenvalue weighted by molar-refractivity contribution is 6.04. The Morgan fingerprint density at radius 1 is 1.03 bits per heavy atom. The van der Waals surface area contributed by atoms with Crippen molar-refractivity contribution in [2.75, 3.05) is 36.9 Å². The first-order valence-electron chi connectivity index (χ1n) is 11.3. The summed E-state index contributed by atoms with van der Waals surface area (Å²) in [5.41, 5.74) is 1.85. The maximum Gasteiger partial charge on any atom is 0.323 e. The van der Waals surface area contributed by atoms with Crippen molar-refractivity contribution in [3.8, 4) is 11.6 Å². The molecule has 0 bridgehead atoms. The van der Waals surface area contributed by atoms with Gasteiger partial charge in [-0.05, 0) is 35.9 Å². The molecule has 1 aliphatic heterocycles. The van der Waals surface area contributed by atoms with Gasteiger partial charge in [0.25, 0.3) is 5.91 Å². The lowest BCUT2D eigenvalue weighted by molar-refractivity contribution is 0.0564. The van der Waals surface area contributed by atoms with Crippen molar-refractivity contribution >= 4 is 29.1 Å². The van der Waals surface area contributed by atoms with Crippen LogP contribution in [0.2, 0.25) is 0 Å². The summed E-state index contributed by atoms with van der Waals surface area (Å²) in [6.45, 7) is 1.44. The van der Waals surface area contributed by atoms with Gasteiger partial charge in [0.05, 0.1) is 19.4 Å². The second-order valence-electron chi connectivity index (χ2n) is 8.05. The first-order chi connectivity index (χ1) is 17.6. The number of hydrogen-bond acceptors (Lipinski definition) is 6. The minimum atomic E-state index is -0.638. The molecule has 36 heavy (non-hydrogen) atoms. The molecule has 3 amide bonds. The third-order valence-electron chi connectivity index (χ3n) is 5.49. The Hall–Kier alpha value is -4.51. The molecule has 184 valence electrons. The van der Waals surface area contributed by atoms with E-state index < -0.39 is 6.67 Å². The number of alkyl halides is 1. The maximum absolute atomic E-state index is 12.9. The highest BCUT2D eigenvalue weighted by atomic mass is 19.1. The minimum absolute atomic E-state index is 0.242. The van der Waals surface area contributed by atoms with Gasteiger partial charge in [0, 0.05) is 36.5 Å². The fourth-order valence-corrected chi connectivity index (χ4v) is 3.69. The fourth-order valence-electron chi connectivity index (χ4n) is 3.69. The van der Waals surface area contributed by atoms with Gasteiger partial charge in [0.15, 0.2) is 11.5 Å². The number of amides is 3. The SMILES string of the molecule is O=C(Nc1cccc(Oc2ccc3nc(NC(=O)N4CCOCC4)cn3n2)c1)c1cccc(CF)c1. The summed E-state index contributed by atoms with van der Waals surface area (Å²) in [6, 6.07) is 16.4. The van der Waals surface area contributed by atoms with Gasteiger partial charge in [-0.25, -0.2) is 18.7 Å². The molecule has 2 N–H and O–H groups in total. The van der Waals surface area contributed by atoms with E-state index in [0.29, 0.717) is 66.2 Å². The number of carbonyl (C=O) groups is 2. The number of nitrogens with one attached hydrogen (secondary N) is 2. The Morgan fingerprint density at radius 3 is 2.69 bits per heavy atom. The van der Waals surface area contributed by atoms with Crippen LogP contribution in [0.5, 0.6) is 11.6 Å². The summed E-state index contributed by atoms with van der Waals surface area (Å²) < 4.78 is 25.5. The zero-order valence-electron chi connectivity index (χ0n) is 19.2. The number of imidazole rings is 1. The largest absolute Gasteiger partial charge is 0.438 e. The van der Waals surface area contributed by atoms with E-state index in [-0.39, 0.29) is 11.9 Å². The van der Waals surface area contributed by atoms with Crippen molar-refractivity contribution in [1.82, 2.24) is 19.5 Å². The summed E-state index contributed by atoms with van der Waals surface area (Å²) in [5, 5.41) is 9.95. The van der Waals surface area contributed by atoms with Crippen molar-refractivity contribution in [3.63, 3.8) is 0 Å². The van der Waals surface area contributed by atoms with E-state index in [2.05, 4.69) is 20.7 Å². The molecule has 1 fully saturated rings. The van der Waals surface area contributed by atoms with Crippen LogP contribution in [0.25, 0.3) is 5.65 Å². The zero-order chi connectivity index (χ0) is 24.9. The predicted octanol–water partition coefficient (Wildman–Crippen LogP) is 4.11. The molecule has 0 saturated carbocycles. The molecule has 3 heterocycles. The van der Waals surface area contributed by atoms with E-state index in [9.17, 15) is 14.0 Å². The third kappa shape index (κ3) is 5.41. The molecule has 11 heteroatoms. The number of anilines is 2. The van der Waals surface area contributed by atoms with Crippen LogP contribution in [0.3, 0.4) is 0 Å². The van der Waals surface area contributed by atoms with Crippen LogP contribution in [0.1, 0.15) is 15.9 Å². The number of aromatic nitrogens is 3. The molecule has 0 atom stereocenters. The van der Waals surface area contributed by atoms with Crippen molar-refractivity contribution in [3.05, 3.63) is 78.0 Å². The number of benzene rings is 2. The number of carbonyl (C=O) groups excluding carboxylic acids is 2. The Bertz CT molecular complexity index is 1400. The first kappa shape index (κ1) is 23.2. The van der Waals surface area contributed by atoms with Gasteiger partial charge in [-0.3, -0.25) is 10.1 Å². The summed E-state index contributed by atoms with van der Waals surface area (Å²) >= 11 is 0. The lowest BCUT2D eigenvalue weighted by atomic mass is 10.1. The molecular formula is C25H23FN6O4. The van der Waals surface area contributed by atoms with Crippen LogP contribution in [0.4, 0.5) is 20.7 Å². The van der Waals surface area contributed by atoms with Crippen LogP contribution in [-0.2, 0) is 11.4 Å². The van der Waals surface area contributed by atoms with Crippen molar-refractivity contribution in [2.45, 2.75) is 6.67 Å². The highest BCUT2D eigenvalue weighted by Crippen LogP contribution is 2.24. The number of morpholine rings is 1. The first-order valence-corrected chi connectivity index (χ1v) is 11.3.